The van der Waals surface area contributed by atoms with Gasteiger partial charge in [-0.2, -0.15) is 0 Å². The minimum Gasteiger partial charge on any atom is -0.495 e. The number of carbonyl (C=O) groups is 2. The third kappa shape index (κ3) is 7.08. The molecule has 2 amide bonds. The Hall–Kier alpha value is -3.12. The fourth-order valence-electron chi connectivity index (χ4n) is 2.86. The molecule has 154 valence electrons. The van der Waals surface area contributed by atoms with Crippen LogP contribution in [0.1, 0.15) is 30.6 Å². The fourth-order valence-corrected chi connectivity index (χ4v) is 2.86. The minimum atomic E-state index is -0.245. The van der Waals surface area contributed by atoms with E-state index in [-0.39, 0.29) is 11.8 Å². The second-order valence-corrected chi connectivity index (χ2v) is 6.86. The molecular weight excluding hydrogens is 366 g/mol. The first-order valence-electron chi connectivity index (χ1n) is 9.64. The van der Waals surface area contributed by atoms with Crippen LogP contribution in [0, 0.1) is 0 Å². The van der Waals surface area contributed by atoms with Gasteiger partial charge in [-0.25, -0.2) is 0 Å². The summed E-state index contributed by atoms with van der Waals surface area (Å²) in [5.41, 5.74) is 2.83. The maximum atomic E-state index is 12.4. The molecule has 0 saturated heterocycles. The van der Waals surface area contributed by atoms with Crippen LogP contribution in [0.3, 0.4) is 0 Å². The van der Waals surface area contributed by atoms with Crippen LogP contribution in [-0.2, 0) is 4.79 Å². The first-order valence-corrected chi connectivity index (χ1v) is 9.64. The quantitative estimate of drug-likeness (QED) is 0.592. The second kappa shape index (κ2) is 11.0. The summed E-state index contributed by atoms with van der Waals surface area (Å²) in [7, 11) is 1.56. The molecule has 0 radical (unpaired) electrons. The molecule has 2 N–H and O–H groups in total. The van der Waals surface area contributed by atoms with Gasteiger partial charge >= 0.3 is 0 Å². The fraction of sp³-hybridized carbons (Fsp3) is 0.304. The number of nitrogens with zero attached hydrogens (tertiary/aromatic N) is 1. The molecule has 0 aliphatic heterocycles. The van der Waals surface area contributed by atoms with Crippen molar-refractivity contribution in [1.82, 2.24) is 4.90 Å². The van der Waals surface area contributed by atoms with Gasteiger partial charge in [-0.1, -0.05) is 31.2 Å². The summed E-state index contributed by atoms with van der Waals surface area (Å²) in [5, 5.41) is 5.70. The number of hydrogen-bond acceptors (Lipinski definition) is 4. The summed E-state index contributed by atoms with van der Waals surface area (Å²) in [6.07, 6.45) is 0.400. The van der Waals surface area contributed by atoms with Crippen molar-refractivity contribution < 1.29 is 14.3 Å². The van der Waals surface area contributed by atoms with Crippen LogP contribution in [-0.4, -0.2) is 43.5 Å². The summed E-state index contributed by atoms with van der Waals surface area (Å²) >= 11 is 0. The van der Waals surface area contributed by atoms with Gasteiger partial charge in [0.05, 0.1) is 12.8 Å². The monoisotopic (exact) mass is 395 g/mol. The molecule has 2 aromatic carbocycles. The van der Waals surface area contributed by atoms with Gasteiger partial charge in [-0.15, -0.1) is 0 Å². The third-order valence-electron chi connectivity index (χ3n) is 4.38. The number of carbonyl (C=O) groups excluding carboxylic acids is 2. The van der Waals surface area contributed by atoms with E-state index in [1.165, 1.54) is 0 Å². The number of benzene rings is 2. The van der Waals surface area contributed by atoms with Crippen molar-refractivity contribution in [3.05, 3.63) is 66.2 Å². The molecule has 2 rings (SSSR count). The Kier molecular flexibility index (Phi) is 8.43. The summed E-state index contributed by atoms with van der Waals surface area (Å²) in [6.45, 7) is 10.3. The molecule has 0 fully saturated rings. The zero-order valence-electron chi connectivity index (χ0n) is 17.3. The van der Waals surface area contributed by atoms with Crippen LogP contribution in [0.5, 0.6) is 5.75 Å². The highest BCUT2D eigenvalue weighted by Gasteiger charge is 2.11. The molecule has 0 heterocycles. The van der Waals surface area contributed by atoms with Crippen LogP contribution in [0.25, 0.3) is 0 Å². The number of para-hydroxylation sites is 2. The van der Waals surface area contributed by atoms with E-state index in [1.54, 1.807) is 43.5 Å². The molecule has 0 aliphatic rings. The van der Waals surface area contributed by atoms with E-state index in [0.717, 1.165) is 18.7 Å². The number of methoxy groups -OCH3 is 1. The lowest BCUT2D eigenvalue weighted by molar-refractivity contribution is -0.116. The molecule has 0 spiro atoms. The molecule has 6 nitrogen and oxygen atoms in total. The maximum Gasteiger partial charge on any atom is 0.255 e. The Labute approximate surface area is 172 Å². The summed E-state index contributed by atoms with van der Waals surface area (Å²) in [4.78, 5) is 26.8. The van der Waals surface area contributed by atoms with Crippen LogP contribution in [0.15, 0.2) is 60.7 Å². The molecule has 0 saturated carbocycles. The first kappa shape index (κ1) is 22.2. The third-order valence-corrected chi connectivity index (χ3v) is 4.38. The second-order valence-electron chi connectivity index (χ2n) is 6.86. The predicted octanol–water partition coefficient (Wildman–Crippen LogP) is 4.17. The smallest absolute Gasteiger partial charge is 0.255 e. The topological polar surface area (TPSA) is 70.7 Å². The van der Waals surface area contributed by atoms with Crippen molar-refractivity contribution >= 4 is 23.2 Å². The van der Waals surface area contributed by atoms with Crippen LogP contribution in [0.2, 0.25) is 0 Å². The van der Waals surface area contributed by atoms with Gasteiger partial charge in [0.2, 0.25) is 5.91 Å². The Bertz CT molecular complexity index is 847. The lowest BCUT2D eigenvalue weighted by Gasteiger charge is -2.20. The molecule has 29 heavy (non-hydrogen) atoms. The maximum absolute atomic E-state index is 12.4. The molecule has 0 bridgehead atoms. The van der Waals surface area contributed by atoms with Gasteiger partial charge in [0.15, 0.2) is 0 Å². The zero-order valence-corrected chi connectivity index (χ0v) is 17.3. The van der Waals surface area contributed by atoms with Gasteiger partial charge in [0.25, 0.3) is 5.91 Å². The normalized spacial score (nSPS) is 10.5. The van der Waals surface area contributed by atoms with Crippen LogP contribution in [0.4, 0.5) is 11.4 Å². The molecule has 0 aromatic heterocycles. The number of nitrogens with one attached hydrogen (secondary N) is 2. The van der Waals surface area contributed by atoms with Crippen molar-refractivity contribution in [3.8, 4) is 5.75 Å². The van der Waals surface area contributed by atoms with Crippen LogP contribution < -0.4 is 15.4 Å². The van der Waals surface area contributed by atoms with Crippen molar-refractivity contribution in [2.45, 2.75) is 20.3 Å². The largest absolute Gasteiger partial charge is 0.495 e. The highest BCUT2D eigenvalue weighted by Crippen LogP contribution is 2.23. The molecule has 0 unspecified atom stereocenters. The Morgan fingerprint density at radius 2 is 1.76 bits per heavy atom. The lowest BCUT2D eigenvalue weighted by Crippen LogP contribution is -2.29. The Morgan fingerprint density at radius 3 is 2.38 bits per heavy atom. The Morgan fingerprint density at radius 1 is 1.07 bits per heavy atom. The SMILES string of the molecule is C=C(C)CN(CC)CCC(=O)Nc1ccc(C(=O)Nc2ccccc2OC)cc1. The number of amides is 2. The van der Waals surface area contributed by atoms with Crippen molar-refractivity contribution in [2.75, 3.05) is 37.4 Å². The van der Waals surface area contributed by atoms with E-state index < -0.39 is 0 Å². The highest BCUT2D eigenvalue weighted by atomic mass is 16.5. The predicted molar refractivity (Wildman–Crippen MR) is 118 cm³/mol. The lowest BCUT2D eigenvalue weighted by atomic mass is 10.2. The summed E-state index contributed by atoms with van der Waals surface area (Å²) in [5.74, 6) is 0.291. The van der Waals surface area contributed by atoms with Crippen molar-refractivity contribution in [3.63, 3.8) is 0 Å². The molecule has 2 aromatic rings. The minimum absolute atomic E-state index is 0.0589. The number of likely N-dealkylation sites (N-methyl/N-ethyl adjacent to an activating group) is 1. The number of rotatable bonds is 10. The average Bonchev–Trinajstić information content (AvgIpc) is 2.71. The van der Waals surface area contributed by atoms with Crippen LogP contribution >= 0.6 is 0 Å². The van der Waals surface area contributed by atoms with Crippen molar-refractivity contribution in [1.29, 1.82) is 0 Å². The van der Waals surface area contributed by atoms with Gasteiger partial charge in [0, 0.05) is 30.8 Å². The molecule has 6 heteroatoms. The Balaban J connectivity index is 1.90. The zero-order chi connectivity index (χ0) is 21.2. The van der Waals surface area contributed by atoms with E-state index in [1.807, 2.05) is 19.1 Å². The molecule has 0 aliphatic carbocycles. The van der Waals surface area contributed by atoms with Gasteiger partial charge in [0.1, 0.15) is 5.75 Å². The number of hydrogen-bond donors (Lipinski definition) is 2. The van der Waals surface area contributed by atoms with Gasteiger partial charge < -0.3 is 15.4 Å². The average molecular weight is 396 g/mol. The standard InChI is InChI=1S/C23H29N3O3/c1-5-26(16-17(2)3)15-14-22(27)24-19-12-10-18(11-13-19)23(28)25-20-8-6-7-9-21(20)29-4/h6-13H,2,5,14-16H2,1,3-4H3,(H,24,27)(H,25,28). The van der Waals surface area contributed by atoms with E-state index in [4.69, 9.17) is 4.74 Å². The highest BCUT2D eigenvalue weighted by molar-refractivity contribution is 6.05. The van der Waals surface area contributed by atoms with E-state index in [9.17, 15) is 9.59 Å². The van der Waals surface area contributed by atoms with E-state index in [2.05, 4.69) is 29.0 Å². The summed E-state index contributed by atoms with van der Waals surface area (Å²) < 4.78 is 5.24. The van der Waals surface area contributed by atoms with Gasteiger partial charge in [-0.05, 0) is 49.9 Å². The number of ether oxygens (including phenoxy) is 1. The number of anilines is 2. The van der Waals surface area contributed by atoms with Crippen molar-refractivity contribution in [2.24, 2.45) is 0 Å². The molecule has 0 atom stereocenters. The van der Waals surface area contributed by atoms with E-state index in [0.29, 0.717) is 35.7 Å². The summed E-state index contributed by atoms with van der Waals surface area (Å²) in [6, 6.07) is 14.0. The van der Waals surface area contributed by atoms with Gasteiger partial charge in [-0.3, -0.25) is 14.5 Å². The van der Waals surface area contributed by atoms with E-state index >= 15 is 0 Å². The molecular formula is C23H29N3O3. The first-order chi connectivity index (χ1) is 13.9.